The zero-order chi connectivity index (χ0) is 19.2. The monoisotopic (exact) mass is 407 g/mol. The Bertz CT molecular complexity index is 845. The van der Waals surface area contributed by atoms with E-state index in [1.807, 2.05) is 18.2 Å². The molecule has 3 rings (SSSR count). The molecule has 27 heavy (non-hydrogen) atoms. The lowest BCUT2D eigenvalue weighted by molar-refractivity contribution is -0.150. The predicted octanol–water partition coefficient (Wildman–Crippen LogP) is 3.77. The molecular formula is C19H18ClNO5S. The van der Waals surface area contributed by atoms with Gasteiger partial charge in [-0.05, 0) is 43.3 Å². The molecule has 1 heterocycles. The Kier molecular flexibility index (Phi) is 6.47. The highest BCUT2D eigenvalue weighted by Crippen LogP contribution is 2.34. The fourth-order valence-electron chi connectivity index (χ4n) is 2.35. The van der Waals surface area contributed by atoms with Gasteiger partial charge in [-0.2, -0.15) is 0 Å². The Morgan fingerprint density at radius 3 is 2.74 bits per heavy atom. The highest BCUT2D eigenvalue weighted by molar-refractivity contribution is 8.00. The summed E-state index contributed by atoms with van der Waals surface area (Å²) in [6.45, 7) is 2.55. The van der Waals surface area contributed by atoms with Crippen molar-refractivity contribution in [1.82, 2.24) is 0 Å². The molecule has 0 fully saturated rings. The van der Waals surface area contributed by atoms with Crippen LogP contribution in [0.3, 0.4) is 0 Å². The SMILES string of the molecule is C[C@@H](OC(=O)CSc1ccc2c(c1)OCCO2)C(=O)Nc1cccc(Cl)c1. The smallest absolute Gasteiger partial charge is 0.317 e. The molecule has 1 amide bonds. The summed E-state index contributed by atoms with van der Waals surface area (Å²) in [5.74, 6) is 0.529. The Hall–Kier alpha value is -2.38. The van der Waals surface area contributed by atoms with Crippen molar-refractivity contribution in [2.45, 2.75) is 17.9 Å². The average molecular weight is 408 g/mol. The zero-order valence-corrected chi connectivity index (χ0v) is 16.1. The summed E-state index contributed by atoms with van der Waals surface area (Å²) in [7, 11) is 0. The van der Waals surface area contributed by atoms with Crippen LogP contribution in [-0.4, -0.2) is 36.9 Å². The number of esters is 1. The van der Waals surface area contributed by atoms with Gasteiger partial charge in [0.15, 0.2) is 17.6 Å². The van der Waals surface area contributed by atoms with E-state index >= 15 is 0 Å². The molecule has 0 saturated carbocycles. The van der Waals surface area contributed by atoms with Crippen LogP contribution < -0.4 is 14.8 Å². The highest BCUT2D eigenvalue weighted by atomic mass is 35.5. The third-order valence-corrected chi connectivity index (χ3v) is 4.84. The molecule has 0 radical (unpaired) electrons. The van der Waals surface area contributed by atoms with Gasteiger partial charge in [-0.1, -0.05) is 17.7 Å². The van der Waals surface area contributed by atoms with Crippen LogP contribution in [0.2, 0.25) is 5.02 Å². The second-order valence-electron chi connectivity index (χ2n) is 5.73. The summed E-state index contributed by atoms with van der Waals surface area (Å²) < 4.78 is 16.2. The number of thioether (sulfide) groups is 1. The van der Waals surface area contributed by atoms with E-state index in [9.17, 15) is 9.59 Å². The van der Waals surface area contributed by atoms with Crippen molar-refractivity contribution >= 4 is 40.9 Å². The fourth-order valence-corrected chi connectivity index (χ4v) is 3.25. The molecule has 6 nitrogen and oxygen atoms in total. The molecule has 142 valence electrons. The predicted molar refractivity (Wildman–Crippen MR) is 104 cm³/mol. The van der Waals surface area contributed by atoms with Crippen LogP contribution in [-0.2, 0) is 14.3 Å². The Morgan fingerprint density at radius 1 is 1.19 bits per heavy atom. The number of carbonyl (C=O) groups is 2. The van der Waals surface area contributed by atoms with Crippen LogP contribution in [0.5, 0.6) is 11.5 Å². The molecule has 2 aromatic carbocycles. The minimum Gasteiger partial charge on any atom is -0.486 e. The van der Waals surface area contributed by atoms with Gasteiger partial charge in [0.25, 0.3) is 5.91 Å². The lowest BCUT2D eigenvalue weighted by Gasteiger charge is -2.18. The van der Waals surface area contributed by atoms with Gasteiger partial charge in [0.05, 0.1) is 5.75 Å². The largest absolute Gasteiger partial charge is 0.486 e. The van der Waals surface area contributed by atoms with Crippen LogP contribution in [0.25, 0.3) is 0 Å². The number of carbonyl (C=O) groups excluding carboxylic acids is 2. The quantitative estimate of drug-likeness (QED) is 0.580. The maximum atomic E-state index is 12.1. The van der Waals surface area contributed by atoms with Crippen molar-refractivity contribution in [3.05, 3.63) is 47.5 Å². The number of hydrogen-bond donors (Lipinski definition) is 1. The number of ether oxygens (including phenoxy) is 3. The van der Waals surface area contributed by atoms with Gasteiger partial charge in [-0.3, -0.25) is 9.59 Å². The summed E-state index contributed by atoms with van der Waals surface area (Å²) in [5.41, 5.74) is 0.543. The molecule has 0 aromatic heterocycles. The van der Waals surface area contributed by atoms with Gasteiger partial charge in [-0.15, -0.1) is 11.8 Å². The second kappa shape index (κ2) is 9.01. The third kappa shape index (κ3) is 5.55. The van der Waals surface area contributed by atoms with E-state index in [1.165, 1.54) is 18.7 Å². The Morgan fingerprint density at radius 2 is 1.96 bits per heavy atom. The van der Waals surface area contributed by atoms with E-state index in [4.69, 9.17) is 25.8 Å². The molecule has 0 bridgehead atoms. The minimum atomic E-state index is -0.919. The number of rotatable bonds is 6. The summed E-state index contributed by atoms with van der Waals surface area (Å²) in [6, 6.07) is 12.2. The summed E-state index contributed by atoms with van der Waals surface area (Å²) >= 11 is 7.18. The normalized spacial score (nSPS) is 13.6. The van der Waals surface area contributed by atoms with Crippen molar-refractivity contribution in [2.24, 2.45) is 0 Å². The number of benzene rings is 2. The molecule has 1 aliphatic rings. The van der Waals surface area contributed by atoms with Gasteiger partial charge in [0, 0.05) is 15.6 Å². The van der Waals surface area contributed by atoms with E-state index in [0.717, 1.165) is 4.90 Å². The second-order valence-corrected chi connectivity index (χ2v) is 7.21. The van der Waals surface area contributed by atoms with Crippen molar-refractivity contribution < 1.29 is 23.8 Å². The van der Waals surface area contributed by atoms with Gasteiger partial charge >= 0.3 is 5.97 Å². The first-order chi connectivity index (χ1) is 13.0. The van der Waals surface area contributed by atoms with Crippen molar-refractivity contribution in [3.8, 4) is 11.5 Å². The molecular weight excluding hydrogens is 390 g/mol. The lowest BCUT2D eigenvalue weighted by Crippen LogP contribution is -2.30. The van der Waals surface area contributed by atoms with Crippen molar-refractivity contribution in [2.75, 3.05) is 24.3 Å². The molecule has 2 aromatic rings. The van der Waals surface area contributed by atoms with Crippen LogP contribution in [0, 0.1) is 0 Å². The molecule has 1 atom stereocenters. The first-order valence-electron chi connectivity index (χ1n) is 8.29. The van der Waals surface area contributed by atoms with E-state index in [1.54, 1.807) is 24.3 Å². The number of amides is 1. The molecule has 1 aliphatic heterocycles. The third-order valence-electron chi connectivity index (χ3n) is 3.64. The highest BCUT2D eigenvalue weighted by Gasteiger charge is 2.19. The van der Waals surface area contributed by atoms with Crippen LogP contribution in [0.4, 0.5) is 5.69 Å². The standard InChI is InChI=1S/C19H18ClNO5S/c1-12(19(23)21-14-4-2-3-13(20)9-14)26-18(22)11-27-15-5-6-16-17(10-15)25-8-7-24-16/h2-6,9-10,12H,7-8,11H2,1H3,(H,21,23)/t12-/m1/s1. The van der Waals surface area contributed by atoms with Gasteiger partial charge < -0.3 is 19.5 Å². The van der Waals surface area contributed by atoms with E-state index in [2.05, 4.69) is 5.32 Å². The van der Waals surface area contributed by atoms with Crippen LogP contribution >= 0.6 is 23.4 Å². The van der Waals surface area contributed by atoms with Gasteiger partial charge in [0.2, 0.25) is 0 Å². The van der Waals surface area contributed by atoms with Gasteiger partial charge in [-0.25, -0.2) is 0 Å². The number of hydrogen-bond acceptors (Lipinski definition) is 6. The molecule has 0 aliphatic carbocycles. The van der Waals surface area contributed by atoms with E-state index in [0.29, 0.717) is 35.4 Å². The number of halogens is 1. The Balaban J connectivity index is 1.47. The van der Waals surface area contributed by atoms with E-state index < -0.39 is 18.0 Å². The molecule has 8 heteroatoms. The van der Waals surface area contributed by atoms with Crippen molar-refractivity contribution in [1.29, 1.82) is 0 Å². The molecule has 1 N–H and O–H groups in total. The fraction of sp³-hybridized carbons (Fsp3) is 0.263. The zero-order valence-electron chi connectivity index (χ0n) is 14.6. The minimum absolute atomic E-state index is 0.0778. The van der Waals surface area contributed by atoms with E-state index in [-0.39, 0.29) is 5.75 Å². The summed E-state index contributed by atoms with van der Waals surface area (Å²) in [5, 5.41) is 3.17. The Labute approximate surface area is 166 Å². The lowest BCUT2D eigenvalue weighted by atomic mass is 10.3. The summed E-state index contributed by atoms with van der Waals surface area (Å²) in [4.78, 5) is 25.0. The van der Waals surface area contributed by atoms with Crippen LogP contribution in [0.1, 0.15) is 6.92 Å². The number of anilines is 1. The molecule has 0 saturated heterocycles. The molecule has 0 spiro atoms. The maximum Gasteiger partial charge on any atom is 0.317 e. The number of fused-ring (bicyclic) bond motifs is 1. The topological polar surface area (TPSA) is 73.9 Å². The first-order valence-corrected chi connectivity index (χ1v) is 9.66. The molecule has 0 unspecified atom stereocenters. The summed E-state index contributed by atoms with van der Waals surface area (Å²) in [6.07, 6.45) is -0.919. The number of nitrogens with one attached hydrogen (secondary N) is 1. The average Bonchev–Trinajstić information content (AvgIpc) is 2.66. The van der Waals surface area contributed by atoms with Gasteiger partial charge in [0.1, 0.15) is 13.2 Å². The maximum absolute atomic E-state index is 12.1. The van der Waals surface area contributed by atoms with Crippen molar-refractivity contribution in [3.63, 3.8) is 0 Å². The van der Waals surface area contributed by atoms with Crippen LogP contribution in [0.15, 0.2) is 47.4 Å². The first kappa shape index (κ1) is 19.4.